The van der Waals surface area contributed by atoms with Gasteiger partial charge in [-0.15, -0.1) is 0 Å². The van der Waals surface area contributed by atoms with Crippen LogP contribution in [0.5, 0.6) is 0 Å². The van der Waals surface area contributed by atoms with Crippen LogP contribution in [0.2, 0.25) is 0 Å². The Labute approximate surface area is 102 Å². The number of aryl methyl sites for hydroxylation is 1. The molecule has 0 aromatic carbocycles. The fourth-order valence-electron chi connectivity index (χ4n) is 1.86. The predicted molar refractivity (Wildman–Crippen MR) is 66.6 cm³/mol. The summed E-state index contributed by atoms with van der Waals surface area (Å²) in [6.07, 6.45) is 5.00. The van der Waals surface area contributed by atoms with Crippen molar-refractivity contribution in [1.82, 2.24) is 9.97 Å². The highest BCUT2D eigenvalue weighted by Crippen LogP contribution is 2.18. The van der Waals surface area contributed by atoms with Crippen LogP contribution in [0.3, 0.4) is 0 Å². The molecule has 1 aliphatic heterocycles. The third kappa shape index (κ3) is 3.66. The molecule has 0 bridgehead atoms. The van der Waals surface area contributed by atoms with Gasteiger partial charge >= 0.3 is 0 Å². The summed E-state index contributed by atoms with van der Waals surface area (Å²) in [6, 6.07) is 0. The molecule has 1 saturated heterocycles. The first-order chi connectivity index (χ1) is 8.05. The van der Waals surface area contributed by atoms with E-state index in [1.807, 2.05) is 6.92 Å². The second-order valence-corrected chi connectivity index (χ2v) is 6.86. The van der Waals surface area contributed by atoms with E-state index >= 15 is 0 Å². The van der Waals surface area contributed by atoms with Crippen molar-refractivity contribution in [2.75, 3.05) is 23.4 Å². The van der Waals surface area contributed by atoms with Crippen LogP contribution in [0.15, 0.2) is 12.4 Å². The summed E-state index contributed by atoms with van der Waals surface area (Å²) in [7, 11) is -2.76. The van der Waals surface area contributed by atoms with Crippen LogP contribution in [0.4, 0.5) is 5.95 Å². The Balaban J connectivity index is 1.81. The lowest BCUT2D eigenvalue weighted by molar-refractivity contribution is 0.483. The molecule has 0 saturated carbocycles. The van der Waals surface area contributed by atoms with Crippen LogP contribution in [-0.2, 0) is 9.84 Å². The number of hydrogen-bond acceptors (Lipinski definition) is 5. The number of anilines is 1. The average molecular weight is 255 g/mol. The fourth-order valence-corrected chi connectivity index (χ4v) is 3.45. The molecule has 94 valence electrons. The number of rotatable bonds is 3. The van der Waals surface area contributed by atoms with Gasteiger partial charge in [0.2, 0.25) is 5.95 Å². The van der Waals surface area contributed by atoms with Crippen LogP contribution in [0.25, 0.3) is 0 Å². The van der Waals surface area contributed by atoms with E-state index < -0.39 is 9.84 Å². The Morgan fingerprint density at radius 2 is 1.88 bits per heavy atom. The van der Waals surface area contributed by atoms with Gasteiger partial charge in [0.1, 0.15) is 9.84 Å². The highest BCUT2D eigenvalue weighted by molar-refractivity contribution is 7.91. The Morgan fingerprint density at radius 1 is 1.29 bits per heavy atom. The number of nitrogens with zero attached hydrogens (tertiary/aromatic N) is 2. The second kappa shape index (κ2) is 5.00. The maximum atomic E-state index is 11.3. The zero-order valence-electron chi connectivity index (χ0n) is 9.89. The SMILES string of the molecule is Cc1cnc(NCC2CCS(=O)(=O)CC2)nc1. The van der Waals surface area contributed by atoms with E-state index in [9.17, 15) is 8.42 Å². The fraction of sp³-hybridized carbons (Fsp3) is 0.636. The molecule has 0 atom stereocenters. The van der Waals surface area contributed by atoms with Crippen LogP contribution < -0.4 is 5.32 Å². The molecule has 1 aliphatic rings. The molecular weight excluding hydrogens is 238 g/mol. The van der Waals surface area contributed by atoms with E-state index in [0.29, 0.717) is 23.4 Å². The van der Waals surface area contributed by atoms with Crippen molar-refractivity contribution in [2.24, 2.45) is 5.92 Å². The summed E-state index contributed by atoms with van der Waals surface area (Å²) in [5, 5.41) is 3.15. The van der Waals surface area contributed by atoms with Gasteiger partial charge in [-0.05, 0) is 31.2 Å². The molecule has 6 heteroatoms. The van der Waals surface area contributed by atoms with Crippen molar-refractivity contribution >= 4 is 15.8 Å². The van der Waals surface area contributed by atoms with Gasteiger partial charge in [0.05, 0.1) is 11.5 Å². The van der Waals surface area contributed by atoms with Gasteiger partial charge in [-0.3, -0.25) is 0 Å². The maximum absolute atomic E-state index is 11.3. The number of aromatic nitrogens is 2. The molecule has 0 spiro atoms. The standard InChI is InChI=1S/C11H17N3O2S/c1-9-6-12-11(13-7-9)14-8-10-2-4-17(15,16)5-3-10/h6-7,10H,2-5,8H2,1H3,(H,12,13,14). The minimum Gasteiger partial charge on any atom is -0.354 e. The van der Waals surface area contributed by atoms with Crippen LogP contribution >= 0.6 is 0 Å². The molecule has 0 unspecified atom stereocenters. The zero-order chi connectivity index (χ0) is 12.3. The lowest BCUT2D eigenvalue weighted by Gasteiger charge is -2.21. The summed E-state index contributed by atoms with van der Waals surface area (Å²) in [5.41, 5.74) is 1.03. The number of hydrogen-bond donors (Lipinski definition) is 1. The van der Waals surface area contributed by atoms with Gasteiger partial charge in [0.25, 0.3) is 0 Å². The second-order valence-electron chi connectivity index (χ2n) is 4.56. The maximum Gasteiger partial charge on any atom is 0.222 e. The van der Waals surface area contributed by atoms with E-state index in [2.05, 4.69) is 15.3 Å². The molecule has 1 aromatic rings. The van der Waals surface area contributed by atoms with Gasteiger partial charge in [0.15, 0.2) is 0 Å². The van der Waals surface area contributed by atoms with Crippen LogP contribution in [0, 0.1) is 12.8 Å². The van der Waals surface area contributed by atoms with Crippen molar-refractivity contribution in [3.63, 3.8) is 0 Å². The first-order valence-electron chi connectivity index (χ1n) is 5.78. The van der Waals surface area contributed by atoms with Crippen molar-refractivity contribution < 1.29 is 8.42 Å². The summed E-state index contributed by atoms with van der Waals surface area (Å²) in [6.45, 7) is 2.69. The van der Waals surface area contributed by atoms with Crippen LogP contribution in [-0.4, -0.2) is 36.4 Å². The van der Waals surface area contributed by atoms with Crippen molar-refractivity contribution in [1.29, 1.82) is 0 Å². The molecule has 0 radical (unpaired) electrons. The monoisotopic (exact) mass is 255 g/mol. The van der Waals surface area contributed by atoms with E-state index in [4.69, 9.17) is 0 Å². The summed E-state index contributed by atoms with van der Waals surface area (Å²) < 4.78 is 22.5. The number of nitrogens with one attached hydrogen (secondary N) is 1. The highest BCUT2D eigenvalue weighted by Gasteiger charge is 2.23. The van der Waals surface area contributed by atoms with Gasteiger partial charge in [0, 0.05) is 18.9 Å². The normalized spacial score (nSPS) is 20.1. The quantitative estimate of drug-likeness (QED) is 0.873. The zero-order valence-corrected chi connectivity index (χ0v) is 10.7. The van der Waals surface area contributed by atoms with Gasteiger partial charge in [-0.25, -0.2) is 18.4 Å². The minimum absolute atomic E-state index is 0.314. The minimum atomic E-state index is -2.76. The molecule has 2 heterocycles. The van der Waals surface area contributed by atoms with Crippen molar-refractivity contribution in [3.05, 3.63) is 18.0 Å². The third-order valence-corrected chi connectivity index (χ3v) is 4.72. The Morgan fingerprint density at radius 3 is 2.47 bits per heavy atom. The molecule has 17 heavy (non-hydrogen) atoms. The third-order valence-electron chi connectivity index (χ3n) is 3.00. The summed E-state index contributed by atoms with van der Waals surface area (Å²) in [4.78, 5) is 8.30. The summed E-state index contributed by atoms with van der Waals surface area (Å²) in [5.74, 6) is 1.65. The molecule has 2 rings (SSSR count). The Hall–Kier alpha value is -1.17. The van der Waals surface area contributed by atoms with E-state index in [-0.39, 0.29) is 0 Å². The first kappa shape index (κ1) is 12.3. The predicted octanol–water partition coefficient (Wildman–Crippen LogP) is 1.02. The molecule has 0 aliphatic carbocycles. The molecular formula is C11H17N3O2S. The van der Waals surface area contributed by atoms with Gasteiger partial charge < -0.3 is 5.32 Å². The highest BCUT2D eigenvalue weighted by atomic mass is 32.2. The van der Waals surface area contributed by atoms with Crippen molar-refractivity contribution in [2.45, 2.75) is 19.8 Å². The van der Waals surface area contributed by atoms with E-state index in [0.717, 1.165) is 24.9 Å². The molecule has 1 N–H and O–H groups in total. The molecule has 1 aromatic heterocycles. The summed E-state index contributed by atoms with van der Waals surface area (Å²) >= 11 is 0. The Bertz CT molecular complexity index is 456. The first-order valence-corrected chi connectivity index (χ1v) is 7.60. The average Bonchev–Trinajstić information content (AvgIpc) is 2.30. The molecule has 5 nitrogen and oxygen atoms in total. The van der Waals surface area contributed by atoms with E-state index in [1.165, 1.54) is 0 Å². The van der Waals surface area contributed by atoms with E-state index in [1.54, 1.807) is 12.4 Å². The topological polar surface area (TPSA) is 72.0 Å². The molecule has 0 amide bonds. The largest absolute Gasteiger partial charge is 0.354 e. The van der Waals surface area contributed by atoms with Gasteiger partial charge in [-0.1, -0.05) is 0 Å². The van der Waals surface area contributed by atoms with Crippen molar-refractivity contribution in [3.8, 4) is 0 Å². The lowest BCUT2D eigenvalue weighted by atomic mass is 10.0. The Kier molecular flexibility index (Phi) is 3.61. The van der Waals surface area contributed by atoms with Crippen LogP contribution in [0.1, 0.15) is 18.4 Å². The smallest absolute Gasteiger partial charge is 0.222 e. The number of sulfone groups is 1. The molecule has 1 fully saturated rings. The lowest BCUT2D eigenvalue weighted by Crippen LogP contribution is -2.27. The van der Waals surface area contributed by atoms with Gasteiger partial charge in [-0.2, -0.15) is 0 Å².